The van der Waals surface area contributed by atoms with Gasteiger partial charge in [0.05, 0.1) is 0 Å². The van der Waals surface area contributed by atoms with Crippen LogP contribution in [0.15, 0.2) is 60.7 Å². The van der Waals surface area contributed by atoms with E-state index in [0.29, 0.717) is 12.1 Å². The topological polar surface area (TPSA) is 12.0 Å². The fourth-order valence-electron chi connectivity index (χ4n) is 3.10. The minimum Gasteiger partial charge on any atom is -0.308 e. The van der Waals surface area contributed by atoms with Crippen LogP contribution >= 0.6 is 0 Å². The lowest BCUT2D eigenvalue weighted by Gasteiger charge is -2.31. The molecule has 21 heavy (non-hydrogen) atoms. The van der Waals surface area contributed by atoms with Crippen molar-refractivity contribution in [3.05, 3.63) is 71.8 Å². The summed E-state index contributed by atoms with van der Waals surface area (Å²) in [5, 5.41) is 3.72. The number of hydrogen-bond acceptors (Lipinski definition) is 1. The monoisotopic (exact) mass is 281 g/mol. The Kier molecular flexibility index (Phi) is 5.19. The summed E-state index contributed by atoms with van der Waals surface area (Å²) in [6, 6.07) is 22.3. The zero-order valence-corrected chi connectivity index (χ0v) is 13.6. The third-order valence-electron chi connectivity index (χ3n) is 4.21. The van der Waals surface area contributed by atoms with Gasteiger partial charge in [0.2, 0.25) is 0 Å². The van der Waals surface area contributed by atoms with Gasteiger partial charge < -0.3 is 5.32 Å². The lowest BCUT2D eigenvalue weighted by Crippen LogP contribution is -2.34. The highest BCUT2D eigenvalue weighted by atomic mass is 14.9. The third-order valence-corrected chi connectivity index (χ3v) is 4.21. The van der Waals surface area contributed by atoms with Crippen molar-refractivity contribution in [1.82, 2.24) is 5.32 Å². The maximum atomic E-state index is 3.72. The Hall–Kier alpha value is -1.60. The van der Waals surface area contributed by atoms with Gasteiger partial charge in [-0.3, -0.25) is 0 Å². The standard InChI is InChI=1S/C20H27N/c1-16(21-17(2)18-11-7-5-8-12-18)15-20(3,4)19-13-9-6-10-14-19/h5-14,16-17,21H,15H2,1-4H3/t16?,17-/m1/s1. The molecule has 0 spiro atoms. The molecule has 1 unspecified atom stereocenters. The van der Waals surface area contributed by atoms with Gasteiger partial charge in [-0.05, 0) is 36.8 Å². The van der Waals surface area contributed by atoms with Crippen LogP contribution in [0.2, 0.25) is 0 Å². The van der Waals surface area contributed by atoms with E-state index in [2.05, 4.69) is 93.7 Å². The number of nitrogens with one attached hydrogen (secondary N) is 1. The van der Waals surface area contributed by atoms with Crippen molar-refractivity contribution < 1.29 is 0 Å². The molecule has 1 nitrogen and oxygen atoms in total. The minimum absolute atomic E-state index is 0.185. The molecule has 0 aromatic heterocycles. The molecule has 0 radical (unpaired) electrons. The normalized spacial score (nSPS) is 14.7. The first-order valence-corrected chi connectivity index (χ1v) is 7.85. The average Bonchev–Trinajstić information content (AvgIpc) is 2.48. The van der Waals surface area contributed by atoms with Crippen molar-refractivity contribution in [2.45, 2.75) is 51.6 Å². The van der Waals surface area contributed by atoms with Crippen LogP contribution in [0, 0.1) is 0 Å². The van der Waals surface area contributed by atoms with Crippen molar-refractivity contribution >= 4 is 0 Å². The Bertz CT molecular complexity index is 530. The Morgan fingerprint density at radius 1 is 0.857 bits per heavy atom. The van der Waals surface area contributed by atoms with E-state index in [-0.39, 0.29) is 5.41 Å². The van der Waals surface area contributed by atoms with Crippen LogP contribution in [0.25, 0.3) is 0 Å². The largest absolute Gasteiger partial charge is 0.308 e. The maximum Gasteiger partial charge on any atom is 0.0294 e. The first-order chi connectivity index (χ1) is 9.99. The van der Waals surface area contributed by atoms with E-state index < -0.39 is 0 Å². The van der Waals surface area contributed by atoms with Crippen molar-refractivity contribution in [2.24, 2.45) is 0 Å². The smallest absolute Gasteiger partial charge is 0.0294 e. The molecule has 0 saturated heterocycles. The molecule has 2 aromatic rings. The molecule has 0 aliphatic carbocycles. The molecule has 112 valence electrons. The molecule has 0 bridgehead atoms. The van der Waals surface area contributed by atoms with Crippen LogP contribution in [-0.4, -0.2) is 6.04 Å². The molecule has 1 N–H and O–H groups in total. The second-order valence-electron chi connectivity index (χ2n) is 6.65. The Morgan fingerprint density at radius 2 is 1.38 bits per heavy atom. The lowest BCUT2D eigenvalue weighted by atomic mass is 9.79. The summed E-state index contributed by atoms with van der Waals surface area (Å²) in [5.41, 5.74) is 2.94. The number of hydrogen-bond donors (Lipinski definition) is 1. The van der Waals surface area contributed by atoms with Gasteiger partial charge in [-0.15, -0.1) is 0 Å². The molecule has 0 fully saturated rings. The zero-order chi connectivity index (χ0) is 15.3. The van der Waals surface area contributed by atoms with E-state index in [9.17, 15) is 0 Å². The summed E-state index contributed by atoms with van der Waals surface area (Å²) < 4.78 is 0. The Morgan fingerprint density at radius 3 is 1.95 bits per heavy atom. The summed E-state index contributed by atoms with van der Waals surface area (Å²) in [4.78, 5) is 0. The summed E-state index contributed by atoms with van der Waals surface area (Å²) in [6.07, 6.45) is 1.12. The van der Waals surface area contributed by atoms with Gasteiger partial charge in [0, 0.05) is 12.1 Å². The van der Waals surface area contributed by atoms with Crippen molar-refractivity contribution in [3.63, 3.8) is 0 Å². The molecule has 1 heteroatoms. The predicted molar refractivity (Wildman–Crippen MR) is 91.5 cm³/mol. The van der Waals surface area contributed by atoms with E-state index in [1.54, 1.807) is 0 Å². The summed E-state index contributed by atoms with van der Waals surface area (Å²) in [7, 11) is 0. The number of benzene rings is 2. The van der Waals surface area contributed by atoms with Gasteiger partial charge in [-0.25, -0.2) is 0 Å². The second kappa shape index (κ2) is 6.91. The van der Waals surface area contributed by atoms with Crippen LogP contribution in [-0.2, 0) is 5.41 Å². The van der Waals surface area contributed by atoms with E-state index in [1.807, 2.05) is 0 Å². The van der Waals surface area contributed by atoms with Gasteiger partial charge in [0.1, 0.15) is 0 Å². The van der Waals surface area contributed by atoms with Crippen molar-refractivity contribution in [2.75, 3.05) is 0 Å². The predicted octanol–water partition coefficient (Wildman–Crippen LogP) is 5.09. The molecular weight excluding hydrogens is 254 g/mol. The van der Waals surface area contributed by atoms with E-state index in [1.165, 1.54) is 11.1 Å². The van der Waals surface area contributed by atoms with Crippen LogP contribution < -0.4 is 5.32 Å². The Labute approximate surface area is 129 Å². The highest BCUT2D eigenvalue weighted by Gasteiger charge is 2.23. The quantitative estimate of drug-likeness (QED) is 0.777. The highest BCUT2D eigenvalue weighted by Crippen LogP contribution is 2.28. The molecule has 2 atom stereocenters. The van der Waals surface area contributed by atoms with E-state index in [4.69, 9.17) is 0 Å². The number of rotatable bonds is 6. The van der Waals surface area contributed by atoms with Gasteiger partial charge in [0.15, 0.2) is 0 Å². The van der Waals surface area contributed by atoms with Gasteiger partial charge >= 0.3 is 0 Å². The summed E-state index contributed by atoms with van der Waals surface area (Å²) >= 11 is 0. The molecule has 2 aromatic carbocycles. The van der Waals surface area contributed by atoms with Gasteiger partial charge in [-0.1, -0.05) is 74.5 Å². The van der Waals surface area contributed by atoms with Gasteiger partial charge in [-0.2, -0.15) is 0 Å². The molecule has 0 saturated carbocycles. The fraction of sp³-hybridized carbons (Fsp3) is 0.400. The SMILES string of the molecule is CC(CC(C)(C)c1ccccc1)N[C@H](C)c1ccccc1. The first-order valence-electron chi connectivity index (χ1n) is 7.85. The molecule has 0 amide bonds. The summed E-state index contributed by atoms with van der Waals surface area (Å²) in [6.45, 7) is 9.17. The summed E-state index contributed by atoms with van der Waals surface area (Å²) in [5.74, 6) is 0. The van der Waals surface area contributed by atoms with Crippen LogP contribution in [0.1, 0.15) is 51.3 Å². The maximum absolute atomic E-state index is 3.72. The second-order valence-corrected chi connectivity index (χ2v) is 6.65. The molecular formula is C20H27N. The first kappa shape index (κ1) is 15.8. The van der Waals surface area contributed by atoms with Crippen LogP contribution in [0.3, 0.4) is 0 Å². The van der Waals surface area contributed by atoms with E-state index in [0.717, 1.165) is 6.42 Å². The zero-order valence-electron chi connectivity index (χ0n) is 13.6. The van der Waals surface area contributed by atoms with Crippen LogP contribution in [0.4, 0.5) is 0 Å². The van der Waals surface area contributed by atoms with Crippen molar-refractivity contribution in [3.8, 4) is 0 Å². The Balaban J connectivity index is 1.97. The average molecular weight is 281 g/mol. The molecule has 0 aliphatic rings. The van der Waals surface area contributed by atoms with E-state index >= 15 is 0 Å². The third kappa shape index (κ3) is 4.44. The van der Waals surface area contributed by atoms with Crippen molar-refractivity contribution in [1.29, 1.82) is 0 Å². The van der Waals surface area contributed by atoms with Gasteiger partial charge in [0.25, 0.3) is 0 Å². The highest BCUT2D eigenvalue weighted by molar-refractivity contribution is 5.24. The molecule has 0 aliphatic heterocycles. The molecule has 2 rings (SSSR count). The lowest BCUT2D eigenvalue weighted by molar-refractivity contribution is 0.366. The molecule has 0 heterocycles. The fourth-order valence-corrected chi connectivity index (χ4v) is 3.10. The minimum atomic E-state index is 0.185. The van der Waals surface area contributed by atoms with Crippen LogP contribution in [0.5, 0.6) is 0 Å².